The standard InChI is InChI=1S/C19H31N3O2/c1-16-5-4-6-17(20-16)13-22-8-7-19(23,18(2,3)14-22)15-21-9-11-24-12-10-21/h4-6,23H,7-15H2,1-3H3. The van der Waals surface area contributed by atoms with E-state index in [1.165, 1.54) is 0 Å². The van der Waals surface area contributed by atoms with E-state index in [2.05, 4.69) is 40.8 Å². The molecule has 1 aromatic heterocycles. The predicted molar refractivity (Wildman–Crippen MR) is 94.9 cm³/mol. The van der Waals surface area contributed by atoms with Crippen LogP contribution in [0.5, 0.6) is 0 Å². The number of hydrogen-bond acceptors (Lipinski definition) is 5. The molecular formula is C19H31N3O2. The van der Waals surface area contributed by atoms with Gasteiger partial charge in [-0.1, -0.05) is 19.9 Å². The first-order chi connectivity index (χ1) is 11.4. The molecule has 2 aliphatic heterocycles. The summed E-state index contributed by atoms with van der Waals surface area (Å²) in [6, 6.07) is 6.20. The van der Waals surface area contributed by atoms with Crippen molar-refractivity contribution in [2.75, 3.05) is 45.9 Å². The number of nitrogens with zero attached hydrogens (tertiary/aromatic N) is 3. The van der Waals surface area contributed by atoms with E-state index in [-0.39, 0.29) is 5.41 Å². The molecule has 0 aliphatic carbocycles. The fraction of sp³-hybridized carbons (Fsp3) is 0.737. The van der Waals surface area contributed by atoms with Crippen molar-refractivity contribution >= 4 is 0 Å². The van der Waals surface area contributed by atoms with Crippen LogP contribution in [0.2, 0.25) is 0 Å². The summed E-state index contributed by atoms with van der Waals surface area (Å²) in [6.07, 6.45) is 0.809. The molecule has 3 rings (SSSR count). The average molecular weight is 333 g/mol. The van der Waals surface area contributed by atoms with E-state index in [0.29, 0.717) is 0 Å². The van der Waals surface area contributed by atoms with Crippen molar-refractivity contribution in [3.63, 3.8) is 0 Å². The molecule has 1 unspecified atom stereocenters. The largest absolute Gasteiger partial charge is 0.388 e. The minimum atomic E-state index is -0.638. The highest BCUT2D eigenvalue weighted by molar-refractivity contribution is 5.11. The number of aliphatic hydroxyl groups is 1. The number of likely N-dealkylation sites (tertiary alicyclic amines) is 1. The Morgan fingerprint density at radius 2 is 1.92 bits per heavy atom. The third kappa shape index (κ3) is 3.97. The summed E-state index contributed by atoms with van der Waals surface area (Å²) in [6.45, 7) is 13.3. The molecule has 0 bridgehead atoms. The molecule has 1 atom stereocenters. The Bertz CT molecular complexity index is 557. The Morgan fingerprint density at radius 1 is 1.17 bits per heavy atom. The zero-order chi connectivity index (χ0) is 17.2. The van der Waals surface area contributed by atoms with Crippen LogP contribution in [0.25, 0.3) is 0 Å². The van der Waals surface area contributed by atoms with Crippen molar-refractivity contribution in [2.24, 2.45) is 5.41 Å². The van der Waals surface area contributed by atoms with Crippen LogP contribution in [-0.2, 0) is 11.3 Å². The summed E-state index contributed by atoms with van der Waals surface area (Å²) >= 11 is 0. The minimum Gasteiger partial charge on any atom is -0.388 e. The number of pyridine rings is 1. The molecule has 1 aromatic rings. The molecule has 5 nitrogen and oxygen atoms in total. The number of aromatic nitrogens is 1. The Labute approximate surface area is 145 Å². The molecule has 0 spiro atoms. The van der Waals surface area contributed by atoms with Gasteiger partial charge in [-0.3, -0.25) is 14.8 Å². The molecule has 134 valence electrons. The first kappa shape index (κ1) is 17.8. The number of hydrogen-bond donors (Lipinski definition) is 1. The van der Waals surface area contributed by atoms with Gasteiger partial charge >= 0.3 is 0 Å². The molecule has 5 heteroatoms. The van der Waals surface area contributed by atoms with Crippen LogP contribution in [0.1, 0.15) is 31.7 Å². The van der Waals surface area contributed by atoms with Gasteiger partial charge < -0.3 is 9.84 Å². The summed E-state index contributed by atoms with van der Waals surface area (Å²) in [5, 5.41) is 11.4. The van der Waals surface area contributed by atoms with Crippen LogP contribution in [0, 0.1) is 12.3 Å². The van der Waals surface area contributed by atoms with E-state index in [1.807, 2.05) is 13.0 Å². The third-order valence-corrected chi connectivity index (χ3v) is 5.64. The van der Waals surface area contributed by atoms with Crippen LogP contribution in [0.4, 0.5) is 0 Å². The number of piperidine rings is 1. The Morgan fingerprint density at radius 3 is 2.58 bits per heavy atom. The van der Waals surface area contributed by atoms with E-state index < -0.39 is 5.60 Å². The molecule has 1 N–H and O–H groups in total. The second-order valence-corrected chi connectivity index (χ2v) is 8.03. The number of rotatable bonds is 4. The predicted octanol–water partition coefficient (Wildman–Crippen LogP) is 1.69. The third-order valence-electron chi connectivity index (χ3n) is 5.64. The van der Waals surface area contributed by atoms with Gasteiger partial charge in [0, 0.05) is 50.4 Å². The Kier molecular flexibility index (Phi) is 5.25. The fourth-order valence-electron chi connectivity index (χ4n) is 3.94. The summed E-state index contributed by atoms with van der Waals surface area (Å²) in [5.41, 5.74) is 1.39. The zero-order valence-corrected chi connectivity index (χ0v) is 15.3. The van der Waals surface area contributed by atoms with Crippen molar-refractivity contribution in [3.8, 4) is 0 Å². The molecular weight excluding hydrogens is 302 g/mol. The molecule has 24 heavy (non-hydrogen) atoms. The van der Waals surface area contributed by atoms with Gasteiger partial charge in [0.1, 0.15) is 0 Å². The minimum absolute atomic E-state index is 0.145. The van der Waals surface area contributed by atoms with Gasteiger partial charge in [-0.2, -0.15) is 0 Å². The zero-order valence-electron chi connectivity index (χ0n) is 15.3. The molecule has 3 heterocycles. The van der Waals surface area contributed by atoms with E-state index in [1.54, 1.807) is 0 Å². The lowest BCUT2D eigenvalue weighted by molar-refractivity contribution is -0.141. The quantitative estimate of drug-likeness (QED) is 0.909. The molecule has 2 saturated heterocycles. The molecule has 0 amide bonds. The summed E-state index contributed by atoms with van der Waals surface area (Å²) in [7, 11) is 0. The first-order valence-corrected chi connectivity index (χ1v) is 9.05. The SMILES string of the molecule is Cc1cccc(CN2CCC(O)(CN3CCOCC3)C(C)(C)C2)n1. The highest BCUT2D eigenvalue weighted by Gasteiger charge is 2.48. The lowest BCUT2D eigenvalue weighted by atomic mass is 9.69. The van der Waals surface area contributed by atoms with Crippen molar-refractivity contribution in [2.45, 2.75) is 39.3 Å². The molecule has 0 aromatic carbocycles. The lowest BCUT2D eigenvalue weighted by Gasteiger charge is -2.52. The van der Waals surface area contributed by atoms with Crippen LogP contribution < -0.4 is 0 Å². The highest BCUT2D eigenvalue weighted by atomic mass is 16.5. The van der Waals surface area contributed by atoms with Crippen molar-refractivity contribution in [1.82, 2.24) is 14.8 Å². The lowest BCUT2D eigenvalue weighted by Crippen LogP contribution is -2.62. The van der Waals surface area contributed by atoms with Crippen LogP contribution in [-0.4, -0.2) is 71.4 Å². The van der Waals surface area contributed by atoms with Crippen molar-refractivity contribution in [1.29, 1.82) is 0 Å². The first-order valence-electron chi connectivity index (χ1n) is 9.05. The van der Waals surface area contributed by atoms with Crippen molar-refractivity contribution < 1.29 is 9.84 Å². The van der Waals surface area contributed by atoms with Gasteiger partial charge in [0.25, 0.3) is 0 Å². The van der Waals surface area contributed by atoms with Crippen molar-refractivity contribution in [3.05, 3.63) is 29.6 Å². The van der Waals surface area contributed by atoms with E-state index in [0.717, 1.165) is 70.3 Å². The van der Waals surface area contributed by atoms with Crippen LogP contribution in [0.3, 0.4) is 0 Å². The maximum atomic E-state index is 11.4. The Hall–Kier alpha value is -1.01. The molecule has 2 fully saturated rings. The monoisotopic (exact) mass is 333 g/mol. The summed E-state index contributed by atoms with van der Waals surface area (Å²) in [5.74, 6) is 0. The topological polar surface area (TPSA) is 48.8 Å². The second-order valence-electron chi connectivity index (χ2n) is 8.03. The second kappa shape index (κ2) is 7.08. The fourth-order valence-corrected chi connectivity index (χ4v) is 3.94. The molecule has 2 aliphatic rings. The van der Waals surface area contributed by atoms with E-state index in [4.69, 9.17) is 4.74 Å². The highest BCUT2D eigenvalue weighted by Crippen LogP contribution is 2.39. The van der Waals surface area contributed by atoms with Gasteiger partial charge in [-0.05, 0) is 25.5 Å². The summed E-state index contributed by atoms with van der Waals surface area (Å²) in [4.78, 5) is 9.40. The van der Waals surface area contributed by atoms with Gasteiger partial charge in [-0.15, -0.1) is 0 Å². The number of morpholine rings is 1. The smallest absolute Gasteiger partial charge is 0.0849 e. The Balaban J connectivity index is 1.63. The van der Waals surface area contributed by atoms with Gasteiger partial charge in [-0.25, -0.2) is 0 Å². The van der Waals surface area contributed by atoms with Crippen LogP contribution in [0.15, 0.2) is 18.2 Å². The normalized spacial score (nSPS) is 28.8. The number of aryl methyl sites for hydroxylation is 1. The average Bonchev–Trinajstić information content (AvgIpc) is 2.52. The number of ether oxygens (including phenoxy) is 1. The number of β-amino-alcohol motifs (C(OH)–C–C–N with tert-alkyl or cyclic N) is 1. The van der Waals surface area contributed by atoms with E-state index >= 15 is 0 Å². The van der Waals surface area contributed by atoms with Gasteiger partial charge in [0.2, 0.25) is 0 Å². The van der Waals surface area contributed by atoms with E-state index in [9.17, 15) is 5.11 Å². The maximum absolute atomic E-state index is 11.4. The van der Waals surface area contributed by atoms with Gasteiger partial charge in [0.15, 0.2) is 0 Å². The maximum Gasteiger partial charge on any atom is 0.0849 e. The summed E-state index contributed by atoms with van der Waals surface area (Å²) < 4.78 is 5.43. The molecule has 0 saturated carbocycles. The van der Waals surface area contributed by atoms with Gasteiger partial charge in [0.05, 0.1) is 24.5 Å². The van der Waals surface area contributed by atoms with Crippen LogP contribution >= 0.6 is 0 Å². The molecule has 0 radical (unpaired) electrons.